The molecule has 2 atom stereocenters. The van der Waals surface area contributed by atoms with Gasteiger partial charge < -0.3 is 9.47 Å². The Balaban J connectivity index is 0.00000168. The van der Waals surface area contributed by atoms with Crippen molar-refractivity contribution in [2.24, 2.45) is 0 Å². The molecule has 1 saturated heterocycles. The third-order valence-corrected chi connectivity index (χ3v) is 7.21. The fourth-order valence-corrected chi connectivity index (χ4v) is 5.77. The summed E-state index contributed by atoms with van der Waals surface area (Å²) >= 11 is 1.84. The lowest BCUT2D eigenvalue weighted by atomic mass is 9.75. The second kappa shape index (κ2) is 6.70. The molecule has 0 radical (unpaired) electrons. The van der Waals surface area contributed by atoms with Crippen LogP contribution in [-0.2, 0) is 12.0 Å². The summed E-state index contributed by atoms with van der Waals surface area (Å²) in [6.45, 7) is 4.44. The number of fused-ring (bicyclic) bond motifs is 3. The molecule has 1 fully saturated rings. The predicted octanol–water partition coefficient (Wildman–Crippen LogP) is 5.08. The Bertz CT molecular complexity index is 813. The molecule has 0 spiro atoms. The van der Waals surface area contributed by atoms with E-state index in [2.05, 4.69) is 29.3 Å². The van der Waals surface area contributed by atoms with Gasteiger partial charge in [-0.3, -0.25) is 4.90 Å². The molecule has 3 nitrogen and oxygen atoms in total. The Kier molecular flexibility index (Phi) is 4.66. The Morgan fingerprint density at radius 2 is 2.23 bits per heavy atom. The molecular formula is C20H23ClFNO2S. The average molecular weight is 396 g/mol. The number of thiophene rings is 1. The monoisotopic (exact) mass is 395 g/mol. The van der Waals surface area contributed by atoms with Crippen LogP contribution in [0.2, 0.25) is 0 Å². The Hall–Kier alpha value is -1.30. The zero-order valence-corrected chi connectivity index (χ0v) is 16.4. The number of nitrogens with zero attached hydrogens (tertiary/aromatic N) is 1. The number of benzene rings is 1. The van der Waals surface area contributed by atoms with E-state index in [9.17, 15) is 0 Å². The van der Waals surface area contributed by atoms with Crippen LogP contribution < -0.4 is 9.47 Å². The van der Waals surface area contributed by atoms with E-state index < -0.39 is 0 Å². The van der Waals surface area contributed by atoms with Gasteiger partial charge in [-0.15, -0.1) is 23.7 Å². The van der Waals surface area contributed by atoms with Crippen molar-refractivity contribution in [1.82, 2.24) is 4.90 Å². The van der Waals surface area contributed by atoms with Crippen molar-refractivity contribution in [3.8, 4) is 11.5 Å². The van der Waals surface area contributed by atoms with Gasteiger partial charge in [0.25, 0.3) is 0 Å². The molecular weight excluding hydrogens is 373 g/mol. The molecule has 1 aromatic heterocycles. The lowest BCUT2D eigenvalue weighted by Gasteiger charge is -2.44. The molecule has 26 heavy (non-hydrogen) atoms. The molecule has 2 aromatic rings. The highest BCUT2D eigenvalue weighted by Crippen LogP contribution is 2.50. The van der Waals surface area contributed by atoms with Crippen LogP contribution >= 0.6 is 23.7 Å². The zero-order chi connectivity index (χ0) is 17.0. The van der Waals surface area contributed by atoms with Crippen LogP contribution in [0.25, 0.3) is 0 Å². The fraction of sp³-hybridized carbons (Fsp3) is 0.500. The summed E-state index contributed by atoms with van der Waals surface area (Å²) < 4.78 is 26.2. The van der Waals surface area contributed by atoms with Gasteiger partial charge in [0.05, 0.1) is 0 Å². The summed E-state index contributed by atoms with van der Waals surface area (Å²) in [5.74, 6) is 1.77. The fourth-order valence-electron chi connectivity index (χ4n) is 4.91. The summed E-state index contributed by atoms with van der Waals surface area (Å²) in [5, 5.41) is 2.15. The van der Waals surface area contributed by atoms with E-state index in [1.165, 1.54) is 10.9 Å². The SMILES string of the molecule is CC1(N2CCC(c3cccs3)C2)CCCc2c3c(cc(F)c21)OCO3.Cl. The van der Waals surface area contributed by atoms with Gasteiger partial charge in [-0.1, -0.05) is 6.07 Å². The van der Waals surface area contributed by atoms with E-state index in [0.29, 0.717) is 11.7 Å². The van der Waals surface area contributed by atoms with Gasteiger partial charge in [-0.05, 0) is 50.6 Å². The minimum atomic E-state index is -0.259. The first-order chi connectivity index (χ1) is 12.2. The van der Waals surface area contributed by atoms with E-state index in [1.54, 1.807) is 0 Å². The van der Waals surface area contributed by atoms with Crippen LogP contribution in [0.1, 0.15) is 48.1 Å². The molecule has 0 N–H and O–H groups in total. The lowest BCUT2D eigenvalue weighted by Crippen LogP contribution is -2.45. The maximum Gasteiger partial charge on any atom is 0.231 e. The number of likely N-dealkylation sites (tertiary alicyclic amines) is 1. The van der Waals surface area contributed by atoms with Gasteiger partial charge in [0, 0.05) is 40.1 Å². The summed E-state index contributed by atoms with van der Waals surface area (Å²) in [6, 6.07) is 5.88. The zero-order valence-electron chi connectivity index (χ0n) is 14.8. The predicted molar refractivity (Wildman–Crippen MR) is 103 cm³/mol. The highest BCUT2D eigenvalue weighted by Gasteiger charge is 2.45. The smallest absolute Gasteiger partial charge is 0.231 e. The van der Waals surface area contributed by atoms with E-state index in [0.717, 1.165) is 55.6 Å². The first-order valence-corrected chi connectivity index (χ1v) is 9.95. The van der Waals surface area contributed by atoms with E-state index in [-0.39, 0.29) is 30.6 Å². The third kappa shape index (κ3) is 2.63. The van der Waals surface area contributed by atoms with Crippen molar-refractivity contribution in [2.75, 3.05) is 19.9 Å². The van der Waals surface area contributed by atoms with Crippen LogP contribution in [0, 0.1) is 5.82 Å². The molecule has 1 aliphatic carbocycles. The summed E-state index contributed by atoms with van der Waals surface area (Å²) in [7, 11) is 0. The highest BCUT2D eigenvalue weighted by molar-refractivity contribution is 7.10. The second-order valence-corrected chi connectivity index (χ2v) is 8.50. The van der Waals surface area contributed by atoms with Crippen LogP contribution in [0.4, 0.5) is 4.39 Å². The van der Waals surface area contributed by atoms with Crippen molar-refractivity contribution in [3.05, 3.63) is 45.4 Å². The quantitative estimate of drug-likeness (QED) is 0.707. The van der Waals surface area contributed by atoms with Gasteiger partial charge in [-0.2, -0.15) is 0 Å². The van der Waals surface area contributed by atoms with Crippen LogP contribution in [0.3, 0.4) is 0 Å². The Morgan fingerprint density at radius 3 is 3.04 bits per heavy atom. The molecule has 3 heterocycles. The van der Waals surface area contributed by atoms with Gasteiger partial charge in [0.2, 0.25) is 6.79 Å². The first-order valence-electron chi connectivity index (χ1n) is 9.07. The van der Waals surface area contributed by atoms with E-state index in [1.807, 2.05) is 11.3 Å². The Labute approximate surface area is 163 Å². The standard InChI is InChI=1S/C20H22FNO2S.ClH/c1-20(22-8-6-13(11-22)17-5-3-9-25-17)7-2-4-14-18(20)15(21)10-16-19(14)24-12-23-16;/h3,5,9-10,13H,2,4,6-8,11-12H2,1H3;1H. The minimum Gasteiger partial charge on any atom is -0.453 e. The lowest BCUT2D eigenvalue weighted by molar-refractivity contribution is 0.106. The van der Waals surface area contributed by atoms with Gasteiger partial charge in [0.15, 0.2) is 11.5 Å². The number of hydrogen-bond donors (Lipinski definition) is 0. The van der Waals surface area contributed by atoms with E-state index >= 15 is 4.39 Å². The second-order valence-electron chi connectivity index (χ2n) is 7.52. The maximum atomic E-state index is 15.1. The van der Waals surface area contributed by atoms with Crippen molar-refractivity contribution < 1.29 is 13.9 Å². The molecule has 2 aliphatic heterocycles. The van der Waals surface area contributed by atoms with Crippen LogP contribution in [0.5, 0.6) is 11.5 Å². The number of rotatable bonds is 2. The van der Waals surface area contributed by atoms with Gasteiger partial charge in [0.1, 0.15) is 5.82 Å². The summed E-state index contributed by atoms with van der Waals surface area (Å²) in [5.41, 5.74) is 1.61. The molecule has 5 rings (SSSR count). The molecule has 1 aromatic carbocycles. The van der Waals surface area contributed by atoms with Crippen molar-refractivity contribution in [1.29, 1.82) is 0 Å². The normalized spacial score (nSPS) is 27.2. The van der Waals surface area contributed by atoms with E-state index in [4.69, 9.17) is 9.47 Å². The van der Waals surface area contributed by atoms with Crippen molar-refractivity contribution in [3.63, 3.8) is 0 Å². The van der Waals surface area contributed by atoms with Crippen LogP contribution in [-0.4, -0.2) is 24.8 Å². The number of hydrogen-bond acceptors (Lipinski definition) is 4. The molecule has 6 heteroatoms. The number of halogens is 2. The van der Waals surface area contributed by atoms with Gasteiger partial charge >= 0.3 is 0 Å². The Morgan fingerprint density at radius 1 is 1.35 bits per heavy atom. The largest absolute Gasteiger partial charge is 0.453 e. The molecule has 3 aliphatic rings. The van der Waals surface area contributed by atoms with Crippen LogP contribution in [0.15, 0.2) is 23.6 Å². The molecule has 0 saturated carbocycles. The topological polar surface area (TPSA) is 21.7 Å². The highest BCUT2D eigenvalue weighted by atomic mass is 35.5. The summed E-state index contributed by atoms with van der Waals surface area (Å²) in [6.07, 6.45) is 4.07. The number of ether oxygens (including phenoxy) is 2. The average Bonchev–Trinajstić information content (AvgIpc) is 3.35. The van der Waals surface area contributed by atoms with Crippen molar-refractivity contribution >= 4 is 23.7 Å². The minimum absolute atomic E-state index is 0. The molecule has 0 bridgehead atoms. The molecule has 2 unspecified atom stereocenters. The molecule has 140 valence electrons. The maximum absolute atomic E-state index is 15.1. The molecule has 0 amide bonds. The van der Waals surface area contributed by atoms with Gasteiger partial charge in [-0.25, -0.2) is 4.39 Å². The first kappa shape index (κ1) is 18.1. The summed E-state index contributed by atoms with van der Waals surface area (Å²) in [4.78, 5) is 3.95. The van der Waals surface area contributed by atoms with Crippen molar-refractivity contribution in [2.45, 2.75) is 44.1 Å². The third-order valence-electron chi connectivity index (χ3n) is 6.17.